The number of urea groups is 1. The average molecular weight is 296 g/mol. The first-order valence-electron chi connectivity index (χ1n) is 6.95. The van der Waals surface area contributed by atoms with Crippen LogP contribution in [0.2, 0.25) is 0 Å². The van der Waals surface area contributed by atoms with Crippen LogP contribution >= 0.6 is 0 Å². The Kier molecular flexibility index (Phi) is 5.75. The molecule has 7 nitrogen and oxygen atoms in total. The van der Waals surface area contributed by atoms with Gasteiger partial charge in [-0.3, -0.25) is 4.79 Å². The van der Waals surface area contributed by atoms with Gasteiger partial charge in [-0.2, -0.15) is 0 Å². The van der Waals surface area contributed by atoms with E-state index in [1.165, 1.54) is 0 Å². The minimum absolute atomic E-state index is 0.0654. The second-order valence-electron chi connectivity index (χ2n) is 5.90. The third-order valence-electron chi connectivity index (χ3n) is 3.15. The highest BCUT2D eigenvalue weighted by atomic mass is 16.4. The number of carbonyl (C=O) groups is 2. The first kappa shape index (κ1) is 17.0. The maximum absolute atomic E-state index is 12.2. The number of rotatable bonds is 6. The average Bonchev–Trinajstić information content (AvgIpc) is 2.73. The van der Waals surface area contributed by atoms with E-state index in [-0.39, 0.29) is 19.0 Å². The van der Waals surface area contributed by atoms with Gasteiger partial charge in [0.2, 0.25) is 0 Å². The highest BCUT2D eigenvalue weighted by Crippen LogP contribution is 2.13. The molecule has 0 aromatic carbocycles. The summed E-state index contributed by atoms with van der Waals surface area (Å²) >= 11 is 0. The molecule has 2 N–H and O–H groups in total. The predicted octanol–water partition coefficient (Wildman–Crippen LogP) is 1.25. The molecular weight excluding hydrogens is 272 g/mol. The van der Waals surface area contributed by atoms with E-state index >= 15 is 0 Å². The molecular formula is C14H24N4O3. The van der Waals surface area contributed by atoms with E-state index in [0.29, 0.717) is 13.0 Å². The van der Waals surface area contributed by atoms with Gasteiger partial charge in [0.1, 0.15) is 5.82 Å². The third kappa shape index (κ3) is 5.45. The molecule has 0 saturated carbocycles. The Morgan fingerprint density at radius 1 is 1.43 bits per heavy atom. The van der Waals surface area contributed by atoms with Crippen LogP contribution in [0.4, 0.5) is 4.79 Å². The number of aromatic nitrogens is 2. The predicted molar refractivity (Wildman–Crippen MR) is 79.0 cm³/mol. The molecule has 21 heavy (non-hydrogen) atoms. The van der Waals surface area contributed by atoms with E-state index in [2.05, 4.69) is 10.3 Å². The highest BCUT2D eigenvalue weighted by molar-refractivity contribution is 5.76. The molecule has 1 aromatic rings. The number of carboxylic acids is 1. The molecule has 0 atom stereocenters. The Balaban J connectivity index is 2.52. The van der Waals surface area contributed by atoms with Gasteiger partial charge in [-0.25, -0.2) is 9.78 Å². The molecule has 0 aliphatic carbocycles. The summed E-state index contributed by atoms with van der Waals surface area (Å²) in [5, 5.41) is 11.6. The molecule has 0 aliphatic rings. The Hall–Kier alpha value is -2.05. The summed E-state index contributed by atoms with van der Waals surface area (Å²) in [7, 11) is 1.90. The minimum atomic E-state index is -0.912. The highest BCUT2D eigenvalue weighted by Gasteiger charge is 2.26. The van der Waals surface area contributed by atoms with Crippen molar-refractivity contribution >= 4 is 12.0 Å². The molecule has 0 bridgehead atoms. The van der Waals surface area contributed by atoms with Crippen molar-refractivity contribution in [2.75, 3.05) is 13.1 Å². The van der Waals surface area contributed by atoms with Crippen LogP contribution in [0, 0.1) is 0 Å². The fourth-order valence-electron chi connectivity index (χ4n) is 1.96. The van der Waals surface area contributed by atoms with Crippen LogP contribution in [0.3, 0.4) is 0 Å². The number of nitrogens with zero attached hydrogens (tertiary/aromatic N) is 3. The van der Waals surface area contributed by atoms with Gasteiger partial charge in [0, 0.05) is 44.5 Å². The molecule has 0 radical (unpaired) electrons. The van der Waals surface area contributed by atoms with Crippen molar-refractivity contribution in [3.8, 4) is 0 Å². The van der Waals surface area contributed by atoms with E-state index in [1.807, 2.05) is 38.6 Å². The second kappa shape index (κ2) is 7.10. The summed E-state index contributed by atoms with van der Waals surface area (Å²) in [6, 6.07) is -0.252. The lowest BCUT2D eigenvalue weighted by molar-refractivity contribution is -0.137. The molecule has 7 heteroatoms. The van der Waals surface area contributed by atoms with Crippen LogP contribution in [0.15, 0.2) is 12.4 Å². The zero-order valence-corrected chi connectivity index (χ0v) is 13.1. The lowest BCUT2D eigenvalue weighted by Crippen LogP contribution is -2.51. The summed E-state index contributed by atoms with van der Waals surface area (Å²) in [5.41, 5.74) is -0.428. The van der Waals surface area contributed by atoms with Gasteiger partial charge in [0.15, 0.2) is 0 Å². The van der Waals surface area contributed by atoms with Crippen molar-refractivity contribution < 1.29 is 14.7 Å². The Morgan fingerprint density at radius 2 is 2.10 bits per heavy atom. The normalized spacial score (nSPS) is 11.2. The summed E-state index contributed by atoms with van der Waals surface area (Å²) in [5.74, 6) is -0.0202. The van der Waals surface area contributed by atoms with Gasteiger partial charge in [-0.05, 0) is 20.8 Å². The van der Waals surface area contributed by atoms with Crippen molar-refractivity contribution in [2.45, 2.75) is 39.2 Å². The van der Waals surface area contributed by atoms with Gasteiger partial charge in [0.05, 0.1) is 6.42 Å². The number of aryl methyl sites for hydroxylation is 1. The van der Waals surface area contributed by atoms with E-state index in [9.17, 15) is 9.59 Å². The van der Waals surface area contributed by atoms with Crippen molar-refractivity contribution in [2.24, 2.45) is 7.05 Å². The maximum Gasteiger partial charge on any atom is 0.317 e. The van der Waals surface area contributed by atoms with Crippen LogP contribution in [0.25, 0.3) is 0 Å². The zero-order chi connectivity index (χ0) is 16.0. The third-order valence-corrected chi connectivity index (χ3v) is 3.15. The SMILES string of the molecule is Cn1ccnc1CCNC(=O)N(CCC(=O)O)C(C)(C)C. The number of aliphatic carboxylic acids is 1. The van der Waals surface area contributed by atoms with Crippen LogP contribution in [0.1, 0.15) is 33.0 Å². The molecule has 0 saturated heterocycles. The quantitative estimate of drug-likeness (QED) is 0.827. The lowest BCUT2D eigenvalue weighted by Gasteiger charge is -2.35. The Bertz CT molecular complexity index is 491. The first-order valence-corrected chi connectivity index (χ1v) is 6.95. The van der Waals surface area contributed by atoms with Gasteiger partial charge in [0.25, 0.3) is 0 Å². The molecule has 2 amide bonds. The monoisotopic (exact) mass is 296 g/mol. The number of imidazole rings is 1. The van der Waals surface area contributed by atoms with Gasteiger partial charge >= 0.3 is 12.0 Å². The number of amides is 2. The Morgan fingerprint density at radius 3 is 2.57 bits per heavy atom. The van der Waals surface area contributed by atoms with Crippen LogP contribution < -0.4 is 5.32 Å². The maximum atomic E-state index is 12.2. The van der Waals surface area contributed by atoms with Crippen molar-refractivity contribution in [1.82, 2.24) is 19.8 Å². The van der Waals surface area contributed by atoms with E-state index in [1.54, 1.807) is 11.1 Å². The Labute approximate surface area is 125 Å². The number of carbonyl (C=O) groups excluding carboxylic acids is 1. The molecule has 1 rings (SSSR count). The molecule has 0 fully saturated rings. The fourth-order valence-corrected chi connectivity index (χ4v) is 1.96. The molecule has 0 unspecified atom stereocenters. The minimum Gasteiger partial charge on any atom is -0.481 e. The van der Waals surface area contributed by atoms with E-state index in [4.69, 9.17) is 5.11 Å². The molecule has 0 aliphatic heterocycles. The van der Waals surface area contributed by atoms with Gasteiger partial charge in [-0.1, -0.05) is 0 Å². The molecule has 0 spiro atoms. The first-order chi connectivity index (χ1) is 9.71. The summed E-state index contributed by atoms with van der Waals surface area (Å²) in [4.78, 5) is 28.6. The smallest absolute Gasteiger partial charge is 0.317 e. The molecule has 118 valence electrons. The summed E-state index contributed by atoms with van der Waals surface area (Å²) in [6.45, 7) is 6.30. The van der Waals surface area contributed by atoms with E-state index in [0.717, 1.165) is 5.82 Å². The topological polar surface area (TPSA) is 87.5 Å². The fraction of sp³-hybridized carbons (Fsp3) is 0.643. The largest absolute Gasteiger partial charge is 0.481 e. The van der Waals surface area contributed by atoms with Crippen LogP contribution in [0.5, 0.6) is 0 Å². The summed E-state index contributed by atoms with van der Waals surface area (Å²) < 4.78 is 1.90. The second-order valence-corrected chi connectivity index (χ2v) is 5.90. The van der Waals surface area contributed by atoms with Crippen molar-refractivity contribution in [1.29, 1.82) is 0 Å². The number of hydrogen-bond donors (Lipinski definition) is 2. The zero-order valence-electron chi connectivity index (χ0n) is 13.1. The van der Waals surface area contributed by atoms with Crippen molar-refractivity contribution in [3.05, 3.63) is 18.2 Å². The lowest BCUT2D eigenvalue weighted by atomic mass is 10.1. The summed E-state index contributed by atoms with van der Waals surface area (Å²) in [6.07, 6.45) is 4.13. The number of carboxylic acid groups (broad SMARTS) is 1. The van der Waals surface area contributed by atoms with Gasteiger partial charge in [-0.15, -0.1) is 0 Å². The number of nitrogens with one attached hydrogen (secondary N) is 1. The van der Waals surface area contributed by atoms with Crippen LogP contribution in [-0.2, 0) is 18.3 Å². The van der Waals surface area contributed by atoms with Crippen molar-refractivity contribution in [3.63, 3.8) is 0 Å². The number of hydrogen-bond acceptors (Lipinski definition) is 3. The molecule has 1 aromatic heterocycles. The molecule has 1 heterocycles. The van der Waals surface area contributed by atoms with E-state index < -0.39 is 11.5 Å². The van der Waals surface area contributed by atoms with Gasteiger partial charge < -0.3 is 19.9 Å². The standard InChI is InChI=1S/C14H24N4O3/c1-14(2,3)18(9-6-12(19)20)13(21)16-7-5-11-15-8-10-17(11)4/h8,10H,5-7,9H2,1-4H3,(H,16,21)(H,19,20). The van der Waals surface area contributed by atoms with Crippen LogP contribution in [-0.4, -0.2) is 50.2 Å².